The van der Waals surface area contributed by atoms with Gasteiger partial charge in [-0.2, -0.15) is 0 Å². The Bertz CT molecular complexity index is 377. The van der Waals surface area contributed by atoms with Crippen LogP contribution in [0.5, 0.6) is 0 Å². The molecule has 0 aliphatic carbocycles. The molecule has 0 amide bonds. The van der Waals surface area contributed by atoms with Crippen LogP contribution in [0.2, 0.25) is 0 Å². The van der Waals surface area contributed by atoms with Crippen molar-refractivity contribution in [3.63, 3.8) is 0 Å². The zero-order valence-corrected chi connectivity index (χ0v) is 7.64. The van der Waals surface area contributed by atoms with Crippen molar-refractivity contribution in [3.05, 3.63) is 35.9 Å². The highest BCUT2D eigenvalue weighted by molar-refractivity contribution is 8.11. The Kier molecular flexibility index (Phi) is 1.87. The Labute approximate surface area is 74.5 Å². The first-order chi connectivity index (χ1) is 5.79. The predicted octanol–water partition coefficient (Wildman–Crippen LogP) is 3.01. The maximum Gasteiger partial charge on any atom is 0.0345 e. The third-order valence-corrected chi connectivity index (χ3v) is 3.46. The largest absolute Gasteiger partial charge is 0.333 e. The molecule has 1 nitrogen and oxygen atoms in total. The number of rotatable bonds is 0. The van der Waals surface area contributed by atoms with E-state index in [2.05, 4.69) is 0 Å². The summed E-state index contributed by atoms with van der Waals surface area (Å²) in [6.45, 7) is 1.95. The van der Waals surface area contributed by atoms with E-state index in [1.165, 1.54) is 0 Å². The molecule has 0 saturated carbocycles. The van der Waals surface area contributed by atoms with Crippen LogP contribution in [0, 0.1) is 0 Å². The molecule has 1 aromatic carbocycles. The molecule has 2 rings (SSSR count). The fourth-order valence-corrected chi connectivity index (χ4v) is 2.35. The van der Waals surface area contributed by atoms with Crippen molar-refractivity contribution < 1.29 is 4.55 Å². The zero-order valence-electron chi connectivity index (χ0n) is 6.82. The summed E-state index contributed by atoms with van der Waals surface area (Å²) in [5.41, 5.74) is 1.13. The third-order valence-electron chi connectivity index (χ3n) is 1.93. The molecule has 2 heteroatoms. The van der Waals surface area contributed by atoms with Gasteiger partial charge in [0.15, 0.2) is 0 Å². The predicted molar refractivity (Wildman–Crippen MR) is 54.6 cm³/mol. The van der Waals surface area contributed by atoms with Crippen molar-refractivity contribution in [2.45, 2.75) is 11.8 Å². The van der Waals surface area contributed by atoms with Crippen LogP contribution in [0.25, 0.3) is 6.08 Å². The quantitative estimate of drug-likeness (QED) is 0.605. The van der Waals surface area contributed by atoms with E-state index >= 15 is 0 Å². The molecule has 12 heavy (non-hydrogen) atoms. The highest BCUT2D eigenvalue weighted by atomic mass is 32.2. The van der Waals surface area contributed by atoms with Gasteiger partial charge in [0.2, 0.25) is 0 Å². The Hall–Kier alpha value is -0.860. The van der Waals surface area contributed by atoms with Crippen molar-refractivity contribution in [1.29, 1.82) is 0 Å². The molecule has 0 bridgehead atoms. The number of fused-ring (bicyclic) bond motifs is 1. The second-order valence-electron chi connectivity index (χ2n) is 2.77. The van der Waals surface area contributed by atoms with Crippen LogP contribution in [0.1, 0.15) is 12.5 Å². The van der Waals surface area contributed by atoms with E-state index in [0.717, 1.165) is 15.3 Å². The molecule has 1 N–H and O–H groups in total. The first-order valence-corrected chi connectivity index (χ1v) is 5.01. The monoisotopic (exact) mass is 178 g/mol. The minimum atomic E-state index is -0.680. The van der Waals surface area contributed by atoms with Gasteiger partial charge in [0.05, 0.1) is 0 Å². The summed E-state index contributed by atoms with van der Waals surface area (Å²) in [7, 11) is -0.680. The average Bonchev–Trinajstić information content (AvgIpc) is 2.12. The molecule has 1 aliphatic heterocycles. The SMILES string of the molecule is CC1=S(O)c2ccccc2C=C1. The summed E-state index contributed by atoms with van der Waals surface area (Å²) in [6, 6.07) is 7.95. The molecule has 62 valence electrons. The maximum absolute atomic E-state index is 9.77. The fraction of sp³-hybridized carbons (Fsp3) is 0.100. The van der Waals surface area contributed by atoms with Gasteiger partial charge in [0, 0.05) is 9.76 Å². The molecule has 1 unspecified atom stereocenters. The molecule has 0 radical (unpaired) electrons. The van der Waals surface area contributed by atoms with Crippen LogP contribution >= 0.6 is 10.8 Å². The van der Waals surface area contributed by atoms with E-state index in [4.69, 9.17) is 0 Å². The van der Waals surface area contributed by atoms with Gasteiger partial charge in [0.25, 0.3) is 0 Å². The van der Waals surface area contributed by atoms with Crippen molar-refractivity contribution in [1.82, 2.24) is 0 Å². The summed E-state index contributed by atoms with van der Waals surface area (Å²) in [5.74, 6) is 0. The number of benzene rings is 1. The number of hydrogen-bond donors (Lipinski definition) is 1. The van der Waals surface area contributed by atoms with E-state index in [1.807, 2.05) is 43.3 Å². The van der Waals surface area contributed by atoms with Gasteiger partial charge in [0.1, 0.15) is 0 Å². The second kappa shape index (κ2) is 2.88. The molecule has 1 atom stereocenters. The van der Waals surface area contributed by atoms with Crippen LogP contribution in [-0.4, -0.2) is 9.42 Å². The number of allylic oxidation sites excluding steroid dienone is 1. The van der Waals surface area contributed by atoms with E-state index in [9.17, 15) is 4.55 Å². The first kappa shape index (κ1) is 7.77. The minimum Gasteiger partial charge on any atom is -0.333 e. The van der Waals surface area contributed by atoms with Crippen LogP contribution in [0.4, 0.5) is 0 Å². The molecule has 1 heterocycles. The minimum absolute atomic E-state index is 0.680. The van der Waals surface area contributed by atoms with Crippen molar-refractivity contribution in [3.8, 4) is 0 Å². The summed E-state index contributed by atoms with van der Waals surface area (Å²) < 4.78 is 9.77. The lowest BCUT2D eigenvalue weighted by molar-refractivity contribution is 0.660. The molecule has 0 saturated heterocycles. The van der Waals surface area contributed by atoms with Gasteiger partial charge < -0.3 is 4.55 Å². The lowest BCUT2D eigenvalue weighted by Gasteiger charge is -2.12. The summed E-state index contributed by atoms with van der Waals surface area (Å²) in [4.78, 5) is 2.08. The molecular formula is C10H10OS. The first-order valence-electron chi connectivity index (χ1n) is 3.83. The van der Waals surface area contributed by atoms with E-state index < -0.39 is 10.8 Å². The van der Waals surface area contributed by atoms with Crippen LogP contribution in [0.15, 0.2) is 35.2 Å². The third kappa shape index (κ3) is 1.13. The second-order valence-corrected chi connectivity index (χ2v) is 4.42. The Balaban J connectivity index is 2.68. The lowest BCUT2D eigenvalue weighted by Crippen LogP contribution is -1.94. The normalized spacial score (nSPS) is 20.8. The van der Waals surface area contributed by atoms with Gasteiger partial charge in [-0.1, -0.05) is 30.4 Å². The molecule has 1 aliphatic rings. The van der Waals surface area contributed by atoms with E-state index in [-0.39, 0.29) is 0 Å². The van der Waals surface area contributed by atoms with E-state index in [1.54, 1.807) is 0 Å². The van der Waals surface area contributed by atoms with E-state index in [0.29, 0.717) is 0 Å². The van der Waals surface area contributed by atoms with Crippen LogP contribution < -0.4 is 0 Å². The number of hydrogen-bond acceptors (Lipinski definition) is 1. The lowest BCUT2D eigenvalue weighted by atomic mass is 10.2. The molecule has 1 aromatic rings. The maximum atomic E-state index is 9.77. The van der Waals surface area contributed by atoms with Gasteiger partial charge in [-0.25, -0.2) is 0 Å². The summed E-state index contributed by atoms with van der Waals surface area (Å²) in [5, 5.41) is 0. The molecule has 0 spiro atoms. The zero-order chi connectivity index (χ0) is 8.55. The Morgan fingerprint density at radius 3 is 2.75 bits per heavy atom. The molecule has 0 fully saturated rings. The Morgan fingerprint density at radius 1 is 1.17 bits per heavy atom. The summed E-state index contributed by atoms with van der Waals surface area (Å²) >= 11 is 0. The topological polar surface area (TPSA) is 20.2 Å². The van der Waals surface area contributed by atoms with Crippen molar-refractivity contribution in [2.24, 2.45) is 0 Å². The highest BCUT2D eigenvalue weighted by Crippen LogP contribution is 2.32. The van der Waals surface area contributed by atoms with Crippen molar-refractivity contribution in [2.75, 3.05) is 0 Å². The van der Waals surface area contributed by atoms with Crippen LogP contribution in [-0.2, 0) is 0 Å². The molecular weight excluding hydrogens is 168 g/mol. The van der Waals surface area contributed by atoms with Crippen LogP contribution in [0.3, 0.4) is 0 Å². The van der Waals surface area contributed by atoms with Gasteiger partial charge in [-0.05, 0) is 29.3 Å². The van der Waals surface area contributed by atoms with Gasteiger partial charge >= 0.3 is 0 Å². The molecule has 0 aromatic heterocycles. The fourth-order valence-electron chi connectivity index (χ4n) is 1.24. The Morgan fingerprint density at radius 2 is 1.92 bits per heavy atom. The standard InChI is InChI=1S/C10H10OS/c1-8-6-7-9-4-2-3-5-10(9)12(8)11/h2-7,11H,1H3. The average molecular weight is 178 g/mol. The van der Waals surface area contributed by atoms with Crippen molar-refractivity contribution >= 4 is 21.7 Å². The van der Waals surface area contributed by atoms with Gasteiger partial charge in [-0.15, -0.1) is 0 Å². The summed E-state index contributed by atoms with van der Waals surface area (Å²) in [6.07, 6.45) is 4.02. The highest BCUT2D eigenvalue weighted by Gasteiger charge is 2.07. The smallest absolute Gasteiger partial charge is 0.0345 e. The van der Waals surface area contributed by atoms with Gasteiger partial charge in [-0.3, -0.25) is 0 Å².